The number of amidine groups is 1. The normalized spacial score (nSPS) is 21.7. The first-order chi connectivity index (χ1) is 20.7. The number of hydrogen-bond donors (Lipinski definition) is 1. The van der Waals surface area contributed by atoms with Crippen molar-refractivity contribution >= 4 is 47.2 Å². The molecule has 1 aromatic rings. The molecule has 0 amide bonds. The fourth-order valence-electron chi connectivity index (χ4n) is 4.82. The van der Waals surface area contributed by atoms with Crippen LogP contribution in [0.3, 0.4) is 0 Å². The molecule has 0 radical (unpaired) electrons. The number of aliphatic imine (C=N–C) groups is 1. The van der Waals surface area contributed by atoms with Crippen molar-refractivity contribution in [2.75, 3.05) is 51.8 Å². The van der Waals surface area contributed by atoms with Gasteiger partial charge in [-0.2, -0.15) is 13.2 Å². The molecule has 0 aliphatic carbocycles. The number of alkyl halides is 3. The maximum atomic E-state index is 14.6. The average molecular weight is 660 g/mol. The van der Waals surface area contributed by atoms with E-state index < -0.39 is 22.6 Å². The van der Waals surface area contributed by atoms with E-state index in [-0.39, 0.29) is 30.0 Å². The van der Waals surface area contributed by atoms with Crippen LogP contribution in [0.5, 0.6) is 0 Å². The van der Waals surface area contributed by atoms with E-state index in [1.807, 2.05) is 26.0 Å². The van der Waals surface area contributed by atoms with Crippen LogP contribution < -0.4 is 5.32 Å². The Hall–Kier alpha value is -2.93. The van der Waals surface area contributed by atoms with E-state index in [0.717, 1.165) is 18.2 Å². The average Bonchev–Trinajstić information content (AvgIpc) is 2.95. The molecule has 1 aromatic carbocycles. The van der Waals surface area contributed by atoms with Crippen LogP contribution in [0.25, 0.3) is 6.08 Å². The molecule has 0 aromatic heterocycles. The standard InChI is InChI=1S/C28H35ClF5N5S.C3H4O/c1-7-35-25-21-12-22(28(32,33)34)20(8-9-23(29)24(31)10-11-30)26(25)40-16-19(15-37(4)5)36-27(21)39-13-17(2)38(6)18(3)14-39;1-2-3-4/h7-12,17-19,35H,1,13-16H2,2-6H3;2-3H,1H2/b9-8+,11-10+,24-23-,36-27?;. The van der Waals surface area contributed by atoms with Gasteiger partial charge in [-0.1, -0.05) is 30.8 Å². The van der Waals surface area contributed by atoms with Crippen molar-refractivity contribution in [3.8, 4) is 0 Å². The molecule has 1 saturated heterocycles. The Morgan fingerprint density at radius 2 is 1.84 bits per heavy atom. The lowest BCUT2D eigenvalue weighted by molar-refractivity contribution is -0.137. The van der Waals surface area contributed by atoms with E-state index in [0.29, 0.717) is 59.7 Å². The van der Waals surface area contributed by atoms with Gasteiger partial charge in [0.25, 0.3) is 0 Å². The summed E-state index contributed by atoms with van der Waals surface area (Å²) in [6.45, 7) is 12.8. The van der Waals surface area contributed by atoms with E-state index in [9.17, 15) is 22.0 Å². The molecule has 6 nitrogen and oxygen atoms in total. The summed E-state index contributed by atoms with van der Waals surface area (Å²) >= 11 is 7.15. The molecule has 2 aliphatic rings. The largest absolute Gasteiger partial charge is 0.417 e. The van der Waals surface area contributed by atoms with E-state index in [1.165, 1.54) is 24.0 Å². The summed E-state index contributed by atoms with van der Waals surface area (Å²) in [6.07, 6.45) is 1.09. The first-order valence-electron chi connectivity index (χ1n) is 13.7. The van der Waals surface area contributed by atoms with Gasteiger partial charge < -0.3 is 15.1 Å². The second-order valence-electron chi connectivity index (χ2n) is 10.6. The highest BCUT2D eigenvalue weighted by Gasteiger charge is 2.39. The number of aldehydes is 1. The number of nitrogens with zero attached hydrogens (tertiary/aromatic N) is 4. The number of likely N-dealkylation sites (N-methyl/N-ethyl adjacent to an activating group) is 2. The van der Waals surface area contributed by atoms with Crippen molar-refractivity contribution in [2.45, 2.75) is 43.0 Å². The van der Waals surface area contributed by atoms with Gasteiger partial charge in [-0.05, 0) is 59.4 Å². The molecule has 2 heterocycles. The van der Waals surface area contributed by atoms with Crippen molar-refractivity contribution in [3.05, 3.63) is 77.5 Å². The summed E-state index contributed by atoms with van der Waals surface area (Å²) in [6, 6.07) is 1.19. The lowest BCUT2D eigenvalue weighted by Crippen LogP contribution is -2.57. The third-order valence-electron chi connectivity index (χ3n) is 7.00. The number of piperazine rings is 1. The van der Waals surface area contributed by atoms with Gasteiger partial charge in [-0.15, -0.1) is 11.8 Å². The number of allylic oxidation sites excluding steroid dienone is 5. The lowest BCUT2D eigenvalue weighted by Gasteiger charge is -2.44. The smallest absolute Gasteiger partial charge is 0.361 e. The zero-order chi connectivity index (χ0) is 33.2. The zero-order valence-electron chi connectivity index (χ0n) is 25.5. The molecule has 3 unspecified atom stereocenters. The van der Waals surface area contributed by atoms with Crippen molar-refractivity contribution in [3.63, 3.8) is 0 Å². The Morgan fingerprint density at radius 3 is 2.34 bits per heavy atom. The van der Waals surface area contributed by atoms with Gasteiger partial charge in [0.05, 0.1) is 28.7 Å². The number of carbonyl (C=O) groups is 1. The Balaban J connectivity index is 0.00000159. The summed E-state index contributed by atoms with van der Waals surface area (Å²) in [7, 11) is 5.89. The van der Waals surface area contributed by atoms with Gasteiger partial charge in [-0.25, -0.2) is 8.78 Å². The summed E-state index contributed by atoms with van der Waals surface area (Å²) in [4.78, 5) is 20.7. The Bertz CT molecular complexity index is 1290. The number of nitrogens with one attached hydrogen (secondary N) is 1. The number of carbonyl (C=O) groups excluding carboxylic acids is 1. The van der Waals surface area contributed by atoms with E-state index in [1.54, 1.807) is 0 Å². The van der Waals surface area contributed by atoms with Crippen molar-refractivity contribution in [1.29, 1.82) is 0 Å². The summed E-state index contributed by atoms with van der Waals surface area (Å²) < 4.78 is 70.2. The SMILES string of the molecule is C=CC=O.C=CNc1c2cc(C(F)(F)F)c(/C=C/C(Cl)=C(F)\C=C\F)c1SCC(CN(C)C)N=C2N1CC(C)N(C)C(C)C1. The fourth-order valence-corrected chi connectivity index (χ4v) is 6.13. The molecule has 242 valence electrons. The predicted molar refractivity (Wildman–Crippen MR) is 173 cm³/mol. The molecule has 2 aliphatic heterocycles. The van der Waals surface area contributed by atoms with Crippen LogP contribution in [-0.2, 0) is 11.0 Å². The predicted octanol–water partition coefficient (Wildman–Crippen LogP) is 7.36. The van der Waals surface area contributed by atoms with Crippen LogP contribution in [0.15, 0.2) is 70.7 Å². The molecule has 2 bridgehead atoms. The van der Waals surface area contributed by atoms with Crippen LogP contribution >= 0.6 is 23.4 Å². The van der Waals surface area contributed by atoms with Gasteiger partial charge in [0.1, 0.15) is 17.9 Å². The van der Waals surface area contributed by atoms with Gasteiger partial charge >= 0.3 is 6.18 Å². The van der Waals surface area contributed by atoms with Crippen LogP contribution in [0, 0.1) is 0 Å². The Kier molecular flexibility index (Phi) is 14.4. The molecule has 13 heteroatoms. The van der Waals surface area contributed by atoms with Crippen molar-refractivity contribution < 1.29 is 26.7 Å². The molecular formula is C31H39ClF5N5OS. The zero-order valence-corrected chi connectivity index (χ0v) is 27.0. The van der Waals surface area contributed by atoms with Gasteiger partial charge in [0.15, 0.2) is 0 Å². The fraction of sp³-hybridized carbons (Fsp3) is 0.419. The third-order valence-corrected chi connectivity index (χ3v) is 8.57. The monoisotopic (exact) mass is 659 g/mol. The van der Waals surface area contributed by atoms with Gasteiger partial charge in [0, 0.05) is 59.6 Å². The minimum Gasteiger partial charge on any atom is -0.361 e. The molecular weight excluding hydrogens is 621 g/mol. The van der Waals surface area contributed by atoms with Crippen LogP contribution in [-0.4, -0.2) is 91.5 Å². The Morgan fingerprint density at radius 1 is 1.23 bits per heavy atom. The summed E-state index contributed by atoms with van der Waals surface area (Å²) in [5, 5.41) is 2.53. The molecule has 44 heavy (non-hydrogen) atoms. The van der Waals surface area contributed by atoms with Gasteiger partial charge in [0.2, 0.25) is 0 Å². The van der Waals surface area contributed by atoms with Crippen LogP contribution in [0.1, 0.15) is 30.5 Å². The lowest BCUT2D eigenvalue weighted by atomic mass is 9.97. The topological polar surface area (TPSA) is 51.2 Å². The van der Waals surface area contributed by atoms with Crippen LogP contribution in [0.2, 0.25) is 0 Å². The van der Waals surface area contributed by atoms with Crippen LogP contribution in [0.4, 0.5) is 27.6 Å². The molecule has 3 atom stereocenters. The molecule has 1 fully saturated rings. The second-order valence-corrected chi connectivity index (χ2v) is 12.0. The van der Waals surface area contributed by atoms with Crippen molar-refractivity contribution in [2.24, 2.45) is 4.99 Å². The van der Waals surface area contributed by atoms with E-state index in [2.05, 4.69) is 42.1 Å². The molecule has 1 N–H and O–H groups in total. The number of benzene rings is 1. The molecule has 0 spiro atoms. The Labute approximate surface area is 265 Å². The molecule has 3 rings (SSSR count). The highest BCUT2D eigenvalue weighted by Crippen LogP contribution is 2.45. The summed E-state index contributed by atoms with van der Waals surface area (Å²) in [5.74, 6) is -0.219. The highest BCUT2D eigenvalue weighted by atomic mass is 35.5. The van der Waals surface area contributed by atoms with Gasteiger partial charge in [-0.3, -0.25) is 14.7 Å². The maximum Gasteiger partial charge on any atom is 0.417 e. The van der Waals surface area contributed by atoms with E-state index >= 15 is 0 Å². The summed E-state index contributed by atoms with van der Waals surface area (Å²) in [5.41, 5.74) is -0.341. The molecule has 0 saturated carbocycles. The number of hydrogen-bond acceptors (Lipinski definition) is 7. The minimum absolute atomic E-state index is 0.0350. The third kappa shape index (κ3) is 9.79. The number of rotatable bonds is 8. The first-order valence-corrected chi connectivity index (χ1v) is 15.1. The number of anilines is 1. The number of halogens is 6. The minimum atomic E-state index is -4.74. The second kappa shape index (κ2) is 17.0. The maximum absolute atomic E-state index is 14.6. The number of fused-ring (bicyclic) bond motifs is 2. The van der Waals surface area contributed by atoms with Crippen molar-refractivity contribution in [1.82, 2.24) is 14.7 Å². The first kappa shape index (κ1) is 37.3. The van der Waals surface area contributed by atoms with E-state index in [4.69, 9.17) is 21.4 Å². The quantitative estimate of drug-likeness (QED) is 0.136. The number of thioether (sulfide) groups is 1. The highest BCUT2D eigenvalue weighted by molar-refractivity contribution is 7.99.